The normalized spacial score (nSPS) is 23.2. The number of carboxylic acids is 1. The van der Waals surface area contributed by atoms with Crippen LogP contribution in [0.3, 0.4) is 0 Å². The van der Waals surface area contributed by atoms with Crippen LogP contribution in [-0.2, 0) is 19.1 Å². The summed E-state index contributed by atoms with van der Waals surface area (Å²) in [4.78, 5) is 35.1. The number of carbonyl (C=O) groups excluding carboxylic acids is 1. The third-order valence-electron chi connectivity index (χ3n) is 5.74. The van der Waals surface area contributed by atoms with Crippen LogP contribution in [0.15, 0.2) is 45.8 Å². The molecule has 0 radical (unpaired) electrons. The van der Waals surface area contributed by atoms with Crippen LogP contribution in [0.2, 0.25) is 0 Å². The molecule has 202 valence electrons. The molecular formula is C24H22O14. The van der Waals surface area contributed by atoms with Crippen LogP contribution in [0.5, 0.6) is 23.0 Å². The van der Waals surface area contributed by atoms with Crippen molar-refractivity contribution >= 4 is 22.9 Å². The molecule has 0 aliphatic carbocycles. The van der Waals surface area contributed by atoms with Gasteiger partial charge in [0.05, 0.1) is 5.56 Å². The predicted octanol–water partition coefficient (Wildman–Crippen LogP) is -0.219. The highest BCUT2D eigenvalue weighted by Gasteiger charge is 2.45. The molecule has 1 fully saturated rings. The zero-order valence-corrected chi connectivity index (χ0v) is 19.3. The highest BCUT2D eigenvalue weighted by molar-refractivity contribution is 5.90. The van der Waals surface area contributed by atoms with E-state index in [2.05, 4.69) is 0 Å². The minimum atomic E-state index is -1.81. The number of rotatable bonds is 7. The first-order valence-corrected chi connectivity index (χ1v) is 11.0. The number of carbonyl (C=O) groups is 2. The lowest BCUT2D eigenvalue weighted by Gasteiger charge is -2.39. The molecule has 14 heteroatoms. The van der Waals surface area contributed by atoms with Crippen molar-refractivity contribution in [3.05, 3.63) is 46.8 Å². The highest BCUT2D eigenvalue weighted by Crippen LogP contribution is 2.34. The summed E-state index contributed by atoms with van der Waals surface area (Å²) in [5.74, 6) is -4.18. The summed E-state index contributed by atoms with van der Waals surface area (Å²) in [5.41, 5.74) is -0.629. The van der Waals surface area contributed by atoms with E-state index in [1.54, 1.807) is 0 Å². The maximum atomic E-state index is 13.0. The molecule has 1 aliphatic rings. The minimum absolute atomic E-state index is 0.0276. The smallest absolute Gasteiger partial charge is 0.317 e. The molecule has 14 nitrogen and oxygen atoms in total. The lowest BCUT2D eigenvalue weighted by molar-refractivity contribution is -0.278. The molecule has 1 aromatic heterocycles. The Bertz CT molecular complexity index is 1430. The van der Waals surface area contributed by atoms with Crippen LogP contribution < -0.4 is 10.2 Å². The average molecular weight is 534 g/mol. The van der Waals surface area contributed by atoms with Gasteiger partial charge >= 0.3 is 11.9 Å². The number of esters is 1. The molecule has 0 saturated carbocycles. The third kappa shape index (κ3) is 5.33. The number of carboxylic acid groups (broad SMARTS) is 1. The topological polar surface area (TPSA) is 234 Å². The lowest BCUT2D eigenvalue weighted by atomic mass is 9.99. The Morgan fingerprint density at radius 1 is 0.921 bits per heavy atom. The number of hydrogen-bond acceptors (Lipinski definition) is 13. The molecule has 0 unspecified atom stereocenters. The second-order valence-corrected chi connectivity index (χ2v) is 8.38. The quantitative estimate of drug-likeness (QED) is 0.118. The lowest BCUT2D eigenvalue weighted by Crippen LogP contribution is -2.60. The predicted molar refractivity (Wildman–Crippen MR) is 123 cm³/mol. The van der Waals surface area contributed by atoms with Gasteiger partial charge in [-0.2, -0.15) is 0 Å². The van der Waals surface area contributed by atoms with Gasteiger partial charge in [0.15, 0.2) is 11.5 Å². The number of ether oxygens (including phenoxy) is 3. The zero-order chi connectivity index (χ0) is 27.7. The Balaban J connectivity index is 1.57. The van der Waals surface area contributed by atoms with Crippen LogP contribution in [-0.4, -0.2) is 85.0 Å². The SMILES string of the molecule is O=C(O)CC(=O)OC[C@H]1O[C@@H](Oc2cc(O)c3c(=O)c(-c4ccc(O)c(O)c4)coc3c2)[C@H](O)[C@@H](O)[C@@H]1O. The minimum Gasteiger partial charge on any atom is -0.507 e. The van der Waals surface area contributed by atoms with Crippen molar-refractivity contribution in [2.45, 2.75) is 37.1 Å². The molecule has 5 atom stereocenters. The maximum absolute atomic E-state index is 13.0. The van der Waals surface area contributed by atoms with Crippen LogP contribution >= 0.6 is 0 Å². The first kappa shape index (κ1) is 26.7. The number of fused-ring (bicyclic) bond motifs is 1. The largest absolute Gasteiger partial charge is 0.507 e. The van der Waals surface area contributed by atoms with Gasteiger partial charge in [-0.15, -0.1) is 0 Å². The number of phenolic OH excluding ortho intramolecular Hbond substituents is 3. The molecule has 0 amide bonds. The molecule has 1 aliphatic heterocycles. The maximum Gasteiger partial charge on any atom is 0.317 e. The van der Waals surface area contributed by atoms with Crippen molar-refractivity contribution < 1.29 is 64.0 Å². The Hall–Kier alpha value is -4.37. The summed E-state index contributed by atoms with van der Waals surface area (Å²) in [6.07, 6.45) is -8.27. The average Bonchev–Trinajstić information content (AvgIpc) is 2.85. The Kier molecular flexibility index (Phi) is 7.41. The van der Waals surface area contributed by atoms with Gasteiger partial charge in [0.25, 0.3) is 0 Å². The zero-order valence-electron chi connectivity index (χ0n) is 19.3. The van der Waals surface area contributed by atoms with E-state index < -0.39 is 78.3 Å². The third-order valence-corrected chi connectivity index (χ3v) is 5.74. The number of aromatic hydroxyl groups is 3. The Morgan fingerprint density at radius 3 is 2.34 bits per heavy atom. The second-order valence-electron chi connectivity index (χ2n) is 8.38. The van der Waals surface area contributed by atoms with E-state index in [1.807, 2.05) is 0 Å². The van der Waals surface area contributed by atoms with E-state index in [4.69, 9.17) is 23.7 Å². The molecule has 0 bridgehead atoms. The first-order chi connectivity index (χ1) is 18.0. The number of phenols is 3. The number of aliphatic hydroxyl groups is 3. The molecular weight excluding hydrogens is 512 g/mol. The molecule has 2 heterocycles. The van der Waals surface area contributed by atoms with Crippen molar-refractivity contribution in [3.63, 3.8) is 0 Å². The molecule has 2 aromatic carbocycles. The number of aliphatic carboxylic acids is 1. The summed E-state index contributed by atoms with van der Waals surface area (Å²) in [6, 6.07) is 5.86. The number of benzene rings is 2. The van der Waals surface area contributed by atoms with Crippen molar-refractivity contribution in [2.75, 3.05) is 6.61 Å². The summed E-state index contributed by atoms with van der Waals surface area (Å²) in [6.45, 7) is -0.662. The van der Waals surface area contributed by atoms with E-state index in [0.717, 1.165) is 18.4 Å². The molecule has 1 saturated heterocycles. The Labute approximate surface area is 212 Å². The van der Waals surface area contributed by atoms with Gasteiger partial charge in [0.1, 0.15) is 66.2 Å². The van der Waals surface area contributed by atoms with Gasteiger partial charge < -0.3 is 54.4 Å². The molecule has 0 spiro atoms. The van der Waals surface area contributed by atoms with Gasteiger partial charge in [-0.25, -0.2) is 0 Å². The summed E-state index contributed by atoms with van der Waals surface area (Å²) >= 11 is 0. The van der Waals surface area contributed by atoms with Gasteiger partial charge in [-0.05, 0) is 17.7 Å². The second kappa shape index (κ2) is 10.5. The monoisotopic (exact) mass is 534 g/mol. The van der Waals surface area contributed by atoms with E-state index >= 15 is 0 Å². The summed E-state index contributed by atoms with van der Waals surface area (Å²) in [7, 11) is 0. The van der Waals surface area contributed by atoms with E-state index in [-0.39, 0.29) is 27.8 Å². The van der Waals surface area contributed by atoms with Crippen LogP contribution in [0.25, 0.3) is 22.1 Å². The number of aliphatic hydroxyl groups excluding tert-OH is 3. The Morgan fingerprint density at radius 2 is 1.66 bits per heavy atom. The van der Waals surface area contributed by atoms with Gasteiger partial charge in [-0.3, -0.25) is 14.4 Å². The van der Waals surface area contributed by atoms with Crippen molar-refractivity contribution in [3.8, 4) is 34.1 Å². The fourth-order valence-electron chi connectivity index (χ4n) is 3.80. The van der Waals surface area contributed by atoms with Crippen molar-refractivity contribution in [2.24, 2.45) is 0 Å². The van der Waals surface area contributed by atoms with E-state index in [1.165, 1.54) is 18.2 Å². The molecule has 38 heavy (non-hydrogen) atoms. The van der Waals surface area contributed by atoms with Gasteiger partial charge in [0, 0.05) is 12.1 Å². The summed E-state index contributed by atoms with van der Waals surface area (Å²) in [5, 5.41) is 68.7. The standard InChI is InChI=1S/C24H22O14/c25-12-2-1-9(3-13(12)26)11-7-35-15-5-10(4-14(27)19(15)20(11)31)37-24-23(34)22(33)21(32)16(38-24)8-36-18(30)6-17(28)29/h1-5,7,16,21-27,32-34H,6,8H2,(H,28,29)/t16-,21-,22+,23-,24-/m1/s1. The number of hydrogen-bond donors (Lipinski definition) is 7. The fourth-order valence-corrected chi connectivity index (χ4v) is 3.80. The van der Waals surface area contributed by atoms with Crippen molar-refractivity contribution in [1.82, 2.24) is 0 Å². The van der Waals surface area contributed by atoms with Crippen LogP contribution in [0.1, 0.15) is 6.42 Å². The first-order valence-electron chi connectivity index (χ1n) is 11.0. The van der Waals surface area contributed by atoms with E-state index in [0.29, 0.717) is 0 Å². The highest BCUT2D eigenvalue weighted by atomic mass is 16.7. The fraction of sp³-hybridized carbons (Fsp3) is 0.292. The molecule has 3 aromatic rings. The molecule has 4 rings (SSSR count). The van der Waals surface area contributed by atoms with Gasteiger partial charge in [0.2, 0.25) is 11.7 Å². The van der Waals surface area contributed by atoms with Crippen molar-refractivity contribution in [1.29, 1.82) is 0 Å². The van der Waals surface area contributed by atoms with E-state index in [9.17, 15) is 45.0 Å². The van der Waals surface area contributed by atoms with Crippen LogP contribution in [0.4, 0.5) is 0 Å². The molecule has 7 N–H and O–H groups in total. The van der Waals surface area contributed by atoms with Crippen LogP contribution in [0, 0.1) is 0 Å². The van der Waals surface area contributed by atoms with Gasteiger partial charge in [-0.1, -0.05) is 6.07 Å². The summed E-state index contributed by atoms with van der Waals surface area (Å²) < 4.78 is 21.1.